The smallest absolute Gasteiger partial charge is 0.325 e. The van der Waals surface area contributed by atoms with Crippen LogP contribution in [0, 0.1) is 0 Å². The van der Waals surface area contributed by atoms with Crippen LogP contribution in [-0.2, 0) is 9.59 Å². The van der Waals surface area contributed by atoms with E-state index >= 15 is 0 Å². The zero-order chi connectivity index (χ0) is 21.0. The van der Waals surface area contributed by atoms with E-state index in [1.165, 1.54) is 0 Å². The Labute approximate surface area is 179 Å². The fourth-order valence-electron chi connectivity index (χ4n) is 3.69. The average molecular weight is 466 g/mol. The average Bonchev–Trinajstić information content (AvgIpc) is 3.05. The van der Waals surface area contributed by atoms with Crippen molar-refractivity contribution in [1.29, 1.82) is 0 Å². The van der Waals surface area contributed by atoms with Crippen molar-refractivity contribution in [3.63, 3.8) is 0 Å². The lowest BCUT2D eigenvalue weighted by molar-refractivity contribution is -0.144. The van der Waals surface area contributed by atoms with Gasteiger partial charge >= 0.3 is 5.97 Å². The summed E-state index contributed by atoms with van der Waals surface area (Å²) < 4.78 is 0.947. The van der Waals surface area contributed by atoms with Crippen molar-refractivity contribution in [3.05, 3.63) is 34.4 Å². The number of likely N-dealkylation sites (N-methyl/N-ethyl adjacent to an activating group) is 1. The maximum Gasteiger partial charge on any atom is 0.325 e. The van der Waals surface area contributed by atoms with Crippen LogP contribution in [0.3, 0.4) is 0 Å². The quantitative estimate of drug-likeness (QED) is 0.544. The monoisotopic (exact) mass is 465 g/mol. The maximum atomic E-state index is 12.1. The highest BCUT2D eigenvalue weighted by Crippen LogP contribution is 2.31. The first-order valence-corrected chi connectivity index (χ1v) is 10.5. The molecule has 9 heteroatoms. The number of carbonyl (C=O) groups is 2. The highest BCUT2D eigenvalue weighted by atomic mass is 79.9. The number of H-pyrrole nitrogens is 1. The molecule has 1 saturated heterocycles. The molecule has 1 aliphatic rings. The molecule has 29 heavy (non-hydrogen) atoms. The van der Waals surface area contributed by atoms with Crippen LogP contribution in [0.25, 0.3) is 10.9 Å². The molecule has 1 atom stereocenters. The van der Waals surface area contributed by atoms with Gasteiger partial charge in [0.25, 0.3) is 0 Å². The molecule has 1 fully saturated rings. The van der Waals surface area contributed by atoms with E-state index in [1.807, 2.05) is 42.1 Å². The van der Waals surface area contributed by atoms with Crippen LogP contribution in [0.15, 0.2) is 28.9 Å². The summed E-state index contributed by atoms with van der Waals surface area (Å²) in [6.45, 7) is 4.32. The van der Waals surface area contributed by atoms with Gasteiger partial charge in [-0.25, -0.2) is 0 Å². The summed E-state index contributed by atoms with van der Waals surface area (Å²) in [5, 5.41) is 13.8. The van der Waals surface area contributed by atoms with E-state index in [1.54, 1.807) is 6.20 Å². The number of aromatic amines is 1. The number of aromatic nitrogens is 1. The van der Waals surface area contributed by atoms with Crippen LogP contribution in [0.4, 0.5) is 0 Å². The van der Waals surface area contributed by atoms with Gasteiger partial charge in [0.15, 0.2) is 0 Å². The molecule has 1 aliphatic heterocycles. The number of carboxylic acids is 1. The Balaban J connectivity index is 1.60. The summed E-state index contributed by atoms with van der Waals surface area (Å²) >= 11 is 3.45. The molecule has 0 bridgehead atoms. The van der Waals surface area contributed by atoms with Crippen molar-refractivity contribution < 1.29 is 14.7 Å². The van der Waals surface area contributed by atoms with Gasteiger partial charge in [-0.15, -0.1) is 0 Å². The Morgan fingerprint density at radius 3 is 2.66 bits per heavy atom. The van der Waals surface area contributed by atoms with Crippen molar-refractivity contribution in [2.24, 2.45) is 0 Å². The van der Waals surface area contributed by atoms with E-state index in [0.717, 1.165) is 27.5 Å². The highest BCUT2D eigenvalue weighted by molar-refractivity contribution is 9.10. The summed E-state index contributed by atoms with van der Waals surface area (Å²) in [6.07, 6.45) is 1.79. The first kappa shape index (κ1) is 21.8. The van der Waals surface area contributed by atoms with E-state index in [4.69, 9.17) is 0 Å². The Morgan fingerprint density at radius 2 is 2.00 bits per heavy atom. The molecule has 158 valence electrons. The molecule has 1 aromatic heterocycles. The van der Waals surface area contributed by atoms with E-state index in [2.05, 4.69) is 31.1 Å². The summed E-state index contributed by atoms with van der Waals surface area (Å²) in [5.74, 6) is -0.846. The van der Waals surface area contributed by atoms with Gasteiger partial charge in [0, 0.05) is 66.4 Å². The van der Waals surface area contributed by atoms with E-state index < -0.39 is 12.0 Å². The number of rotatable bonds is 8. The molecule has 1 amide bonds. The predicted molar refractivity (Wildman–Crippen MR) is 116 cm³/mol. The lowest BCUT2D eigenvalue weighted by Gasteiger charge is -2.37. The molecule has 1 unspecified atom stereocenters. The second-order valence-corrected chi connectivity index (χ2v) is 8.56. The number of amides is 1. The number of carbonyl (C=O) groups excluding carboxylic acids is 1. The minimum absolute atomic E-state index is 0.0114. The third-order valence-corrected chi connectivity index (χ3v) is 5.72. The predicted octanol–water partition coefficient (Wildman–Crippen LogP) is 1.35. The molecule has 2 heterocycles. The van der Waals surface area contributed by atoms with Crippen molar-refractivity contribution in [3.8, 4) is 0 Å². The van der Waals surface area contributed by atoms with Gasteiger partial charge in [-0.3, -0.25) is 19.4 Å². The van der Waals surface area contributed by atoms with Crippen LogP contribution in [-0.4, -0.2) is 96.6 Å². The van der Waals surface area contributed by atoms with Gasteiger partial charge in [0.05, 0.1) is 6.54 Å². The van der Waals surface area contributed by atoms with Crippen LogP contribution in [0.1, 0.15) is 11.6 Å². The van der Waals surface area contributed by atoms with Gasteiger partial charge in [0.1, 0.15) is 6.04 Å². The normalized spacial score (nSPS) is 17.0. The van der Waals surface area contributed by atoms with Crippen LogP contribution >= 0.6 is 15.9 Å². The molecule has 8 nitrogen and oxygen atoms in total. The number of hydrogen-bond donors (Lipinski definition) is 3. The Kier molecular flexibility index (Phi) is 7.28. The van der Waals surface area contributed by atoms with Gasteiger partial charge in [0.2, 0.25) is 5.91 Å². The fourth-order valence-corrected chi connectivity index (χ4v) is 4.05. The van der Waals surface area contributed by atoms with Gasteiger partial charge in [-0.05, 0) is 26.2 Å². The Bertz CT molecular complexity index is 861. The second kappa shape index (κ2) is 9.71. The van der Waals surface area contributed by atoms with E-state index in [-0.39, 0.29) is 5.91 Å². The van der Waals surface area contributed by atoms with Crippen LogP contribution in [0.5, 0.6) is 0 Å². The first-order valence-electron chi connectivity index (χ1n) is 9.72. The molecule has 0 radical (unpaired) electrons. The number of aliphatic carboxylic acids is 1. The topological polar surface area (TPSA) is 91.9 Å². The Morgan fingerprint density at radius 1 is 1.28 bits per heavy atom. The van der Waals surface area contributed by atoms with Gasteiger partial charge in [-0.2, -0.15) is 0 Å². The van der Waals surface area contributed by atoms with Crippen LogP contribution < -0.4 is 5.32 Å². The minimum atomic E-state index is -0.858. The van der Waals surface area contributed by atoms with Crippen molar-refractivity contribution in [2.75, 3.05) is 59.9 Å². The lowest BCUT2D eigenvalue weighted by Crippen LogP contribution is -2.51. The second-order valence-electron chi connectivity index (χ2n) is 7.64. The number of carboxylic acid groups (broad SMARTS) is 1. The molecule has 1 aromatic carbocycles. The number of nitrogens with one attached hydrogen (secondary N) is 2. The summed E-state index contributed by atoms with van der Waals surface area (Å²) in [6, 6.07) is 5.10. The Hall–Kier alpha value is -1.94. The first-order chi connectivity index (χ1) is 13.8. The summed E-state index contributed by atoms with van der Waals surface area (Å²) in [5.41, 5.74) is 1.68. The molecule has 2 aromatic rings. The molecule has 0 aliphatic carbocycles. The number of fused-ring (bicyclic) bond motifs is 1. The van der Waals surface area contributed by atoms with Crippen molar-refractivity contribution >= 4 is 38.7 Å². The van der Waals surface area contributed by atoms with Gasteiger partial charge < -0.3 is 20.3 Å². The van der Waals surface area contributed by atoms with E-state index in [0.29, 0.717) is 39.3 Å². The van der Waals surface area contributed by atoms with Crippen LogP contribution in [0.2, 0.25) is 0 Å². The van der Waals surface area contributed by atoms with E-state index in [9.17, 15) is 14.7 Å². The maximum absolute atomic E-state index is 12.1. The highest BCUT2D eigenvalue weighted by Gasteiger charge is 2.32. The molecular formula is C20H28BrN5O3. The summed E-state index contributed by atoms with van der Waals surface area (Å²) in [7, 11) is 3.94. The molecule has 0 saturated carbocycles. The largest absolute Gasteiger partial charge is 0.480 e. The molecular weight excluding hydrogens is 438 g/mol. The zero-order valence-corrected chi connectivity index (χ0v) is 18.4. The van der Waals surface area contributed by atoms with Crippen molar-refractivity contribution in [1.82, 2.24) is 25.0 Å². The number of piperazine rings is 1. The minimum Gasteiger partial charge on any atom is -0.480 e. The zero-order valence-electron chi connectivity index (χ0n) is 16.8. The molecule has 3 rings (SSSR count). The fraction of sp³-hybridized carbons (Fsp3) is 0.500. The number of nitrogens with zero attached hydrogens (tertiary/aromatic N) is 3. The number of halogens is 1. The van der Waals surface area contributed by atoms with Gasteiger partial charge in [-0.1, -0.05) is 22.0 Å². The lowest BCUT2D eigenvalue weighted by atomic mass is 10.0. The molecule has 3 N–H and O–H groups in total. The standard InChI is InChI=1S/C20H28BrN5O3/c1-24(2)6-5-22-18(27)13-25-7-9-26(10-8-25)19(20(28)29)16-12-23-17-11-14(21)3-4-15(16)17/h3-4,11-12,19,23H,5-10,13H2,1-2H3,(H,22,27)(H,28,29). The van der Waals surface area contributed by atoms with Crippen molar-refractivity contribution in [2.45, 2.75) is 6.04 Å². The number of benzene rings is 1. The number of hydrogen-bond acceptors (Lipinski definition) is 5. The SMILES string of the molecule is CN(C)CCNC(=O)CN1CCN(C(C(=O)O)c2c[nH]c3cc(Br)ccc23)CC1. The molecule has 0 spiro atoms. The third-order valence-electron chi connectivity index (χ3n) is 5.22. The summed E-state index contributed by atoms with van der Waals surface area (Å²) in [4.78, 5) is 33.4. The third kappa shape index (κ3) is 5.57.